The van der Waals surface area contributed by atoms with Crippen LogP contribution in [0.4, 0.5) is 19.7 Å². The number of hydrogen-bond donors (Lipinski definition) is 1. The van der Waals surface area contributed by atoms with Crippen LogP contribution in [0, 0.1) is 29.0 Å². The van der Waals surface area contributed by atoms with Crippen LogP contribution in [0.25, 0.3) is 11.1 Å². The number of anilines is 1. The monoisotopic (exact) mass is 567 g/mol. The fourth-order valence-corrected chi connectivity index (χ4v) is 5.60. The molecule has 1 aliphatic carbocycles. The van der Waals surface area contributed by atoms with Gasteiger partial charge in [-0.25, -0.2) is 14.0 Å². The van der Waals surface area contributed by atoms with Gasteiger partial charge in [-0.2, -0.15) is 5.26 Å². The van der Waals surface area contributed by atoms with Crippen LogP contribution in [-0.2, 0) is 19.6 Å². The number of nitrogens with zero attached hydrogens (tertiary/aromatic N) is 4. The number of methoxy groups -OCH3 is 1. The molecule has 2 aliphatic heterocycles. The van der Waals surface area contributed by atoms with E-state index in [9.17, 15) is 14.9 Å². The first-order chi connectivity index (χ1) is 19.0. The molecule has 1 saturated carbocycles. The first-order valence-electron chi connectivity index (χ1n) is 12.9. The second-order valence-corrected chi connectivity index (χ2v) is 11.5. The molecule has 2 saturated heterocycles. The minimum Gasteiger partial charge on any atom is -0.474 e. The van der Waals surface area contributed by atoms with E-state index in [4.69, 9.17) is 26.4 Å². The fourth-order valence-electron chi connectivity index (χ4n) is 5.52. The zero-order valence-corrected chi connectivity index (χ0v) is 23.5. The number of piperidine rings is 1. The van der Waals surface area contributed by atoms with E-state index in [0.29, 0.717) is 35.6 Å². The molecule has 1 aromatic heterocycles. The fraction of sp³-hybridized carbons (Fsp3) is 0.464. The highest BCUT2D eigenvalue weighted by Gasteiger charge is 2.71. The summed E-state index contributed by atoms with van der Waals surface area (Å²) in [7, 11) is 1.44. The lowest BCUT2D eigenvalue weighted by Crippen LogP contribution is -2.39. The first-order valence-corrected chi connectivity index (χ1v) is 13.3. The Kier molecular flexibility index (Phi) is 7.04. The average Bonchev–Trinajstić information content (AvgIpc) is 3.19. The number of benzene rings is 1. The number of thiocarbonyl (C=S) groups is 1. The Morgan fingerprint density at radius 1 is 1.27 bits per heavy atom. The summed E-state index contributed by atoms with van der Waals surface area (Å²) in [5.41, 5.74) is 0.488. The topological polar surface area (TPSA) is 117 Å². The number of amides is 2. The molecule has 3 fully saturated rings. The third kappa shape index (κ3) is 5.01. The lowest BCUT2D eigenvalue weighted by Gasteiger charge is -2.27. The predicted octanol–water partition coefficient (Wildman–Crippen LogP) is 3.99. The molecule has 210 valence electrons. The van der Waals surface area contributed by atoms with Gasteiger partial charge < -0.3 is 24.4 Å². The molecular formula is C28H30FN5O5S. The largest absolute Gasteiger partial charge is 0.474 e. The van der Waals surface area contributed by atoms with E-state index in [1.807, 2.05) is 20.8 Å². The van der Waals surface area contributed by atoms with Crippen LogP contribution in [0.2, 0.25) is 0 Å². The minimum absolute atomic E-state index is 0.0243. The number of fused-ring (bicyclic) bond motifs is 1. The minimum atomic E-state index is -0.770. The zero-order chi connectivity index (χ0) is 28.8. The summed E-state index contributed by atoms with van der Waals surface area (Å²) in [6.45, 7) is 6.83. The number of likely N-dealkylation sites (tertiary alicyclic amines) is 1. The van der Waals surface area contributed by atoms with Crippen molar-refractivity contribution in [2.45, 2.75) is 37.9 Å². The normalized spacial score (nSPS) is 25.1. The second-order valence-electron chi connectivity index (χ2n) is 11.2. The number of rotatable bonds is 5. The molecule has 1 aromatic carbocycles. The van der Waals surface area contributed by atoms with Gasteiger partial charge in [0.2, 0.25) is 0 Å². The molecule has 0 spiro atoms. The standard InChI is InChI=1S/C28H30FN5O5S/c1-27(2,3)39-25(35)33-13-20-21(14-33)28(20,15-30)23-8-5-16(10-31-23)19-7-6-17(9-22(19)29)34-12-18(38-26(34)36)11-32-24(40)37-4/h5-10,18,20-21H,11-14H2,1-4H3,(H,32,40)/t18-,20?,21?,28?/m0/s1. The first kappa shape index (κ1) is 27.6. The zero-order valence-electron chi connectivity index (χ0n) is 22.6. The van der Waals surface area contributed by atoms with Crippen LogP contribution in [0.3, 0.4) is 0 Å². The quantitative estimate of drug-likeness (QED) is 0.535. The Bertz CT molecular complexity index is 1380. The number of hydrogen-bond acceptors (Lipinski definition) is 8. The molecule has 0 bridgehead atoms. The van der Waals surface area contributed by atoms with Gasteiger partial charge in [0.05, 0.1) is 37.6 Å². The van der Waals surface area contributed by atoms with Gasteiger partial charge in [-0.1, -0.05) is 6.07 Å². The summed E-state index contributed by atoms with van der Waals surface area (Å²) in [4.78, 5) is 32.3. The van der Waals surface area contributed by atoms with Crippen molar-refractivity contribution in [1.29, 1.82) is 5.26 Å². The number of nitriles is 1. The van der Waals surface area contributed by atoms with Gasteiger partial charge in [-0.3, -0.25) is 9.88 Å². The van der Waals surface area contributed by atoms with Gasteiger partial charge in [0.15, 0.2) is 0 Å². The van der Waals surface area contributed by atoms with Gasteiger partial charge in [0.25, 0.3) is 5.17 Å². The van der Waals surface area contributed by atoms with Crippen LogP contribution < -0.4 is 10.2 Å². The SMILES string of the molecule is COC(=S)NC[C@H]1CN(c2ccc(-c3ccc(C4(C#N)C5CN(C(=O)OC(C)(C)C)CC54)nc3)c(F)c2)C(=O)O1. The molecule has 5 rings (SSSR count). The van der Waals surface area contributed by atoms with Crippen molar-refractivity contribution in [3.8, 4) is 17.2 Å². The summed E-state index contributed by atoms with van der Waals surface area (Å²) < 4.78 is 30.9. The molecule has 2 aromatic rings. The summed E-state index contributed by atoms with van der Waals surface area (Å²) in [5, 5.41) is 13.1. The van der Waals surface area contributed by atoms with E-state index in [-0.39, 0.29) is 36.2 Å². The van der Waals surface area contributed by atoms with Gasteiger partial charge in [0, 0.05) is 42.2 Å². The van der Waals surface area contributed by atoms with Gasteiger partial charge in [-0.15, -0.1) is 0 Å². The highest BCUT2D eigenvalue weighted by atomic mass is 32.1. The van der Waals surface area contributed by atoms with Crippen molar-refractivity contribution in [1.82, 2.24) is 15.2 Å². The summed E-state index contributed by atoms with van der Waals surface area (Å²) in [5.74, 6) is -0.569. The van der Waals surface area contributed by atoms with Crippen molar-refractivity contribution >= 4 is 35.3 Å². The Morgan fingerprint density at radius 3 is 2.58 bits per heavy atom. The summed E-state index contributed by atoms with van der Waals surface area (Å²) in [6.07, 6.45) is 0.135. The molecule has 10 nitrogen and oxygen atoms in total. The molecule has 3 aliphatic rings. The van der Waals surface area contributed by atoms with Crippen molar-refractivity contribution in [2.24, 2.45) is 11.8 Å². The lowest BCUT2D eigenvalue weighted by molar-refractivity contribution is 0.0265. The molecule has 0 radical (unpaired) electrons. The number of nitrogens with one attached hydrogen (secondary N) is 1. The number of halogens is 1. The molecule has 40 heavy (non-hydrogen) atoms. The lowest BCUT2D eigenvalue weighted by atomic mass is 9.95. The third-order valence-electron chi connectivity index (χ3n) is 7.51. The number of pyridine rings is 1. The van der Waals surface area contributed by atoms with Crippen molar-refractivity contribution < 1.29 is 28.2 Å². The van der Waals surface area contributed by atoms with E-state index >= 15 is 4.39 Å². The highest BCUT2D eigenvalue weighted by Crippen LogP contribution is 2.62. The van der Waals surface area contributed by atoms with Crippen LogP contribution in [-0.4, -0.2) is 72.2 Å². The van der Waals surface area contributed by atoms with Crippen LogP contribution >= 0.6 is 12.2 Å². The van der Waals surface area contributed by atoms with Crippen molar-refractivity contribution in [2.75, 3.05) is 38.2 Å². The number of ether oxygens (including phenoxy) is 3. The molecule has 3 atom stereocenters. The molecule has 1 N–H and O–H groups in total. The van der Waals surface area contributed by atoms with E-state index < -0.39 is 29.0 Å². The van der Waals surface area contributed by atoms with E-state index in [1.54, 1.807) is 35.4 Å². The van der Waals surface area contributed by atoms with Crippen molar-refractivity contribution in [3.05, 3.63) is 48.0 Å². The van der Waals surface area contributed by atoms with Crippen LogP contribution in [0.15, 0.2) is 36.5 Å². The third-order valence-corrected chi connectivity index (χ3v) is 7.82. The predicted molar refractivity (Wildman–Crippen MR) is 147 cm³/mol. The number of cyclic esters (lactones) is 1. The average molecular weight is 568 g/mol. The Morgan fingerprint density at radius 2 is 2.00 bits per heavy atom. The van der Waals surface area contributed by atoms with E-state index in [0.717, 1.165) is 0 Å². The van der Waals surface area contributed by atoms with Crippen LogP contribution in [0.5, 0.6) is 0 Å². The number of carbonyl (C=O) groups is 2. The molecular weight excluding hydrogens is 537 g/mol. The molecule has 3 heterocycles. The van der Waals surface area contributed by atoms with Crippen molar-refractivity contribution in [3.63, 3.8) is 0 Å². The molecule has 2 amide bonds. The van der Waals surface area contributed by atoms with Gasteiger partial charge >= 0.3 is 12.2 Å². The molecule has 2 unspecified atom stereocenters. The Hall–Kier alpha value is -3.98. The Labute approximate surface area is 237 Å². The maximum Gasteiger partial charge on any atom is 0.414 e. The van der Waals surface area contributed by atoms with Gasteiger partial charge in [0.1, 0.15) is 22.9 Å². The maximum atomic E-state index is 15.2. The maximum absolute atomic E-state index is 15.2. The number of aromatic nitrogens is 1. The van der Waals surface area contributed by atoms with E-state index in [1.165, 1.54) is 18.1 Å². The highest BCUT2D eigenvalue weighted by molar-refractivity contribution is 7.80. The van der Waals surface area contributed by atoms with Gasteiger partial charge in [-0.05, 0) is 57.3 Å². The second kappa shape index (κ2) is 10.2. The summed E-state index contributed by atoms with van der Waals surface area (Å²) >= 11 is 4.93. The number of carbonyl (C=O) groups excluding carboxylic acids is 2. The van der Waals surface area contributed by atoms with E-state index in [2.05, 4.69) is 16.4 Å². The smallest absolute Gasteiger partial charge is 0.414 e. The summed E-state index contributed by atoms with van der Waals surface area (Å²) in [6, 6.07) is 10.4. The molecule has 12 heteroatoms. The van der Waals surface area contributed by atoms with Crippen LogP contribution in [0.1, 0.15) is 26.5 Å². The Balaban J connectivity index is 1.25.